The number of halogens is 3. The van der Waals surface area contributed by atoms with Crippen LogP contribution in [0.1, 0.15) is 0 Å². The summed E-state index contributed by atoms with van der Waals surface area (Å²) >= 11 is 3.16. The molecule has 0 radical (unpaired) electrons. The number of sulfonamides is 1. The predicted octanol–water partition coefficient (Wildman–Crippen LogP) is 1.33. The molecule has 1 rings (SSSR count). The molecule has 0 bridgehead atoms. The van der Waals surface area contributed by atoms with Crippen LogP contribution >= 0.6 is 15.9 Å². The van der Waals surface area contributed by atoms with Crippen LogP contribution in [0.25, 0.3) is 0 Å². The Labute approximate surface area is 118 Å². The smallest absolute Gasteiger partial charge is 0.273 e. The van der Waals surface area contributed by atoms with Crippen LogP contribution in [0.4, 0.5) is 8.78 Å². The summed E-state index contributed by atoms with van der Waals surface area (Å²) in [6.45, 7) is -1.98. The van der Waals surface area contributed by atoms with Crippen LogP contribution < -0.4 is 15.2 Å². The SMILES string of the molecule is COc1cc(S(=O)(=O)NCC(F)(F)CN)ccc1Br. The van der Waals surface area contributed by atoms with Crippen LogP contribution in [0.2, 0.25) is 0 Å². The second-order valence-corrected chi connectivity index (χ2v) is 6.30. The van der Waals surface area contributed by atoms with Gasteiger partial charge in [-0.1, -0.05) is 0 Å². The van der Waals surface area contributed by atoms with Gasteiger partial charge < -0.3 is 10.5 Å². The van der Waals surface area contributed by atoms with Crippen LogP contribution in [-0.4, -0.2) is 34.5 Å². The molecule has 0 aliphatic carbocycles. The Morgan fingerprint density at radius 1 is 1.47 bits per heavy atom. The minimum absolute atomic E-state index is 0.166. The fraction of sp³-hybridized carbons (Fsp3) is 0.400. The molecule has 19 heavy (non-hydrogen) atoms. The van der Waals surface area contributed by atoms with Gasteiger partial charge in [0.05, 0.1) is 29.6 Å². The van der Waals surface area contributed by atoms with Crippen molar-refractivity contribution in [2.24, 2.45) is 5.73 Å². The summed E-state index contributed by atoms with van der Waals surface area (Å²) in [5, 5.41) is 0. The van der Waals surface area contributed by atoms with Crippen molar-refractivity contribution in [1.82, 2.24) is 4.72 Å². The van der Waals surface area contributed by atoms with Crippen molar-refractivity contribution in [3.63, 3.8) is 0 Å². The van der Waals surface area contributed by atoms with Gasteiger partial charge in [-0.3, -0.25) is 0 Å². The number of nitrogens with one attached hydrogen (secondary N) is 1. The first kappa shape index (κ1) is 16.3. The first-order valence-electron chi connectivity index (χ1n) is 5.13. The number of benzene rings is 1. The van der Waals surface area contributed by atoms with E-state index in [4.69, 9.17) is 10.5 Å². The molecule has 0 fully saturated rings. The van der Waals surface area contributed by atoms with E-state index in [0.717, 1.165) is 0 Å². The van der Waals surface area contributed by atoms with Crippen LogP contribution in [0.15, 0.2) is 27.6 Å². The maximum Gasteiger partial charge on any atom is 0.273 e. The van der Waals surface area contributed by atoms with Gasteiger partial charge in [-0.2, -0.15) is 0 Å². The van der Waals surface area contributed by atoms with Gasteiger partial charge in [-0.15, -0.1) is 0 Å². The second-order valence-electron chi connectivity index (χ2n) is 3.68. The molecule has 0 aliphatic heterocycles. The van der Waals surface area contributed by atoms with E-state index in [-0.39, 0.29) is 10.6 Å². The summed E-state index contributed by atoms with van der Waals surface area (Å²) in [5.41, 5.74) is 4.83. The van der Waals surface area contributed by atoms with Gasteiger partial charge in [-0.25, -0.2) is 21.9 Å². The van der Waals surface area contributed by atoms with E-state index in [0.29, 0.717) is 4.47 Å². The molecule has 0 saturated heterocycles. The van der Waals surface area contributed by atoms with E-state index in [1.165, 1.54) is 25.3 Å². The van der Waals surface area contributed by atoms with Crippen LogP contribution in [0.3, 0.4) is 0 Å². The first-order chi connectivity index (χ1) is 8.72. The lowest BCUT2D eigenvalue weighted by Gasteiger charge is -2.15. The molecule has 0 spiro atoms. The normalized spacial score (nSPS) is 12.5. The highest BCUT2D eigenvalue weighted by Gasteiger charge is 2.29. The quantitative estimate of drug-likeness (QED) is 0.803. The van der Waals surface area contributed by atoms with E-state index in [2.05, 4.69) is 15.9 Å². The van der Waals surface area contributed by atoms with Gasteiger partial charge >= 0.3 is 0 Å². The van der Waals surface area contributed by atoms with Crippen molar-refractivity contribution in [3.05, 3.63) is 22.7 Å². The van der Waals surface area contributed by atoms with Crippen LogP contribution in [0.5, 0.6) is 5.75 Å². The molecule has 0 unspecified atom stereocenters. The van der Waals surface area contributed by atoms with Crippen molar-refractivity contribution in [2.45, 2.75) is 10.8 Å². The van der Waals surface area contributed by atoms with Gasteiger partial charge in [0, 0.05) is 6.07 Å². The van der Waals surface area contributed by atoms with Crippen LogP contribution in [-0.2, 0) is 10.0 Å². The second kappa shape index (κ2) is 6.12. The first-order valence-corrected chi connectivity index (χ1v) is 7.40. The van der Waals surface area contributed by atoms with Gasteiger partial charge in [-0.05, 0) is 28.1 Å². The lowest BCUT2D eigenvalue weighted by atomic mass is 10.3. The lowest BCUT2D eigenvalue weighted by molar-refractivity contribution is 0.0170. The van der Waals surface area contributed by atoms with Crippen molar-refractivity contribution in [1.29, 1.82) is 0 Å². The summed E-state index contributed by atoms with van der Waals surface area (Å²) in [4.78, 5) is -0.166. The van der Waals surface area contributed by atoms with E-state index in [9.17, 15) is 17.2 Å². The zero-order chi connectivity index (χ0) is 14.7. The fourth-order valence-corrected chi connectivity index (χ4v) is 2.65. The Hall–Kier alpha value is -0.770. The monoisotopic (exact) mass is 358 g/mol. The zero-order valence-electron chi connectivity index (χ0n) is 9.99. The van der Waals surface area contributed by atoms with Crippen LogP contribution in [0, 0.1) is 0 Å². The van der Waals surface area contributed by atoms with Gasteiger partial charge in [0.2, 0.25) is 10.0 Å². The van der Waals surface area contributed by atoms with E-state index in [1.807, 2.05) is 4.72 Å². The Balaban J connectivity index is 2.95. The van der Waals surface area contributed by atoms with E-state index in [1.54, 1.807) is 0 Å². The number of methoxy groups -OCH3 is 1. The molecule has 108 valence electrons. The molecule has 0 heterocycles. The molecular weight excluding hydrogens is 346 g/mol. The summed E-state index contributed by atoms with van der Waals surface area (Å²) < 4.78 is 56.8. The Bertz CT molecular complexity index is 552. The molecule has 0 saturated carbocycles. The lowest BCUT2D eigenvalue weighted by Crippen LogP contribution is -2.41. The Morgan fingerprint density at radius 3 is 2.63 bits per heavy atom. The van der Waals surface area contributed by atoms with Gasteiger partial charge in [0.25, 0.3) is 5.92 Å². The molecule has 3 N–H and O–H groups in total. The summed E-state index contributed by atoms with van der Waals surface area (Å²) in [7, 11) is -2.67. The summed E-state index contributed by atoms with van der Waals surface area (Å²) in [6, 6.07) is 3.96. The molecule has 0 aromatic heterocycles. The zero-order valence-corrected chi connectivity index (χ0v) is 12.4. The third-order valence-electron chi connectivity index (χ3n) is 2.25. The predicted molar refractivity (Wildman–Crippen MR) is 69.9 cm³/mol. The number of nitrogens with two attached hydrogens (primary N) is 1. The van der Waals surface area contributed by atoms with Crippen molar-refractivity contribution in [3.8, 4) is 5.75 Å². The maximum atomic E-state index is 12.9. The third-order valence-corrected chi connectivity index (χ3v) is 4.31. The average Bonchev–Trinajstić information content (AvgIpc) is 2.37. The highest BCUT2D eigenvalue weighted by molar-refractivity contribution is 9.10. The highest BCUT2D eigenvalue weighted by Crippen LogP contribution is 2.27. The number of hydrogen-bond donors (Lipinski definition) is 2. The maximum absolute atomic E-state index is 12.9. The summed E-state index contributed by atoms with van der Waals surface area (Å²) in [6.07, 6.45) is 0. The molecule has 1 aromatic carbocycles. The number of alkyl halides is 2. The van der Waals surface area contributed by atoms with E-state index < -0.39 is 29.0 Å². The number of ether oxygens (including phenoxy) is 1. The Morgan fingerprint density at radius 2 is 2.11 bits per heavy atom. The largest absolute Gasteiger partial charge is 0.496 e. The fourth-order valence-electron chi connectivity index (χ4n) is 1.16. The molecule has 9 heteroatoms. The Kier molecular flexibility index (Phi) is 5.25. The molecule has 0 atom stereocenters. The topological polar surface area (TPSA) is 81.4 Å². The van der Waals surface area contributed by atoms with Crippen molar-refractivity contribution < 1.29 is 21.9 Å². The molecule has 0 aliphatic rings. The summed E-state index contributed by atoms with van der Waals surface area (Å²) in [5.74, 6) is -3.00. The molecule has 0 amide bonds. The minimum atomic E-state index is -4.04. The number of rotatable bonds is 6. The third kappa shape index (κ3) is 4.37. The molecule has 5 nitrogen and oxygen atoms in total. The van der Waals surface area contributed by atoms with Gasteiger partial charge in [0.1, 0.15) is 5.75 Å². The molecular formula is C10H13BrF2N2O3S. The minimum Gasteiger partial charge on any atom is -0.496 e. The number of hydrogen-bond acceptors (Lipinski definition) is 4. The average molecular weight is 359 g/mol. The molecule has 1 aromatic rings. The highest BCUT2D eigenvalue weighted by atomic mass is 79.9. The van der Waals surface area contributed by atoms with Crippen molar-refractivity contribution in [2.75, 3.05) is 20.2 Å². The standard InChI is InChI=1S/C10H13BrF2N2O3S/c1-18-9-4-7(2-3-8(9)11)19(16,17)15-6-10(12,13)5-14/h2-4,15H,5-6,14H2,1H3. The van der Waals surface area contributed by atoms with Gasteiger partial charge in [0.15, 0.2) is 0 Å². The van der Waals surface area contributed by atoms with Crippen molar-refractivity contribution >= 4 is 26.0 Å². The van der Waals surface area contributed by atoms with E-state index >= 15 is 0 Å².